The topological polar surface area (TPSA) is 0 Å². The van der Waals surface area contributed by atoms with Crippen molar-refractivity contribution in [1.82, 2.24) is 0 Å². The maximum absolute atomic E-state index is 12.4. The van der Waals surface area contributed by atoms with E-state index < -0.39 is 27.3 Å². The molecule has 1 rings (SSSR count). The van der Waals surface area contributed by atoms with Gasteiger partial charge in [-0.1, -0.05) is 11.6 Å². The zero-order valence-electron chi connectivity index (χ0n) is 5.52. The van der Waals surface area contributed by atoms with E-state index >= 15 is 0 Å². The fourth-order valence-electron chi connectivity index (χ4n) is 0.749. The molecule has 0 radical (unpaired) electrons. The Morgan fingerprint density at radius 1 is 0.923 bits per heavy atom. The molecule has 0 saturated heterocycles. The van der Waals surface area contributed by atoms with Crippen LogP contribution in [0.15, 0.2) is 9.51 Å². The summed E-state index contributed by atoms with van der Waals surface area (Å²) < 4.78 is 72.7. The van der Waals surface area contributed by atoms with E-state index in [0.717, 1.165) is 0 Å². The lowest BCUT2D eigenvalue weighted by Crippen LogP contribution is -2.48. The van der Waals surface area contributed by atoms with Crippen LogP contribution in [-0.2, 0) is 0 Å². The molecule has 0 aromatic heterocycles. The van der Waals surface area contributed by atoms with E-state index in [0.29, 0.717) is 0 Å². The molecule has 0 nitrogen and oxygen atoms in total. The number of allylic oxidation sites excluding steroid dienone is 2. The average Bonchev–Trinajstić information content (AvgIpc) is 2.05. The summed E-state index contributed by atoms with van der Waals surface area (Å²) in [4.78, 5) is 0. The van der Waals surface area contributed by atoms with Crippen LogP contribution in [0.2, 0.25) is 0 Å². The van der Waals surface area contributed by atoms with Gasteiger partial charge in [0.25, 0.3) is 0 Å². The van der Waals surface area contributed by atoms with Gasteiger partial charge in [0.15, 0.2) is 0 Å². The van der Waals surface area contributed by atoms with Gasteiger partial charge in [-0.3, -0.25) is 0 Å². The highest BCUT2D eigenvalue weighted by Crippen LogP contribution is 2.61. The number of halogens is 8. The van der Waals surface area contributed by atoms with E-state index in [1.165, 1.54) is 0 Å². The number of alkyl halides is 6. The molecule has 0 atom stereocenters. The van der Waals surface area contributed by atoms with E-state index in [-0.39, 0.29) is 0 Å². The number of rotatable bonds is 0. The Morgan fingerprint density at radius 2 is 1.31 bits per heavy atom. The van der Waals surface area contributed by atoms with Crippen molar-refractivity contribution < 1.29 is 26.3 Å². The molecule has 0 heterocycles. The molecule has 76 valence electrons. The average molecular weight is 289 g/mol. The maximum Gasteiger partial charge on any atom is 0.382 e. The zero-order valence-corrected chi connectivity index (χ0v) is 7.87. The summed E-state index contributed by atoms with van der Waals surface area (Å²) in [6, 6.07) is 0. The lowest BCUT2D eigenvalue weighted by molar-refractivity contribution is -0.261. The molecular weight excluding hydrogens is 289 g/mol. The smallest absolute Gasteiger partial charge is 0.193 e. The quantitative estimate of drug-likeness (QED) is 0.596. The largest absolute Gasteiger partial charge is 0.382 e. The van der Waals surface area contributed by atoms with Crippen molar-refractivity contribution in [3.8, 4) is 0 Å². The van der Waals surface area contributed by atoms with Crippen LogP contribution in [0, 0.1) is 0 Å². The SMILES string of the molecule is FC1(F)C(Cl)=C(Br)C(F)(F)C1(F)F. The molecule has 1 aliphatic carbocycles. The third kappa shape index (κ3) is 1.06. The molecule has 13 heavy (non-hydrogen) atoms. The van der Waals surface area contributed by atoms with Crippen LogP contribution in [0.1, 0.15) is 0 Å². The highest BCUT2D eigenvalue weighted by Gasteiger charge is 2.79. The normalized spacial score (nSPS) is 29.5. The van der Waals surface area contributed by atoms with E-state index in [9.17, 15) is 26.3 Å². The maximum atomic E-state index is 12.4. The van der Waals surface area contributed by atoms with Gasteiger partial charge in [-0.25, -0.2) is 0 Å². The standard InChI is InChI=1S/C5BrClF6/c6-1-2(7)4(10,11)5(12,13)3(1,8)9. The Hall–Kier alpha value is 0.0900. The van der Waals surface area contributed by atoms with E-state index in [1.54, 1.807) is 0 Å². The first-order valence-corrected chi connectivity index (χ1v) is 3.93. The first-order valence-electron chi connectivity index (χ1n) is 2.76. The summed E-state index contributed by atoms with van der Waals surface area (Å²) in [5, 5.41) is -1.86. The van der Waals surface area contributed by atoms with Crippen molar-refractivity contribution >= 4 is 27.5 Å². The van der Waals surface area contributed by atoms with Gasteiger partial charge in [-0.2, -0.15) is 26.3 Å². The molecule has 0 aromatic rings. The minimum atomic E-state index is -5.49. The van der Waals surface area contributed by atoms with Crippen molar-refractivity contribution in [3.05, 3.63) is 9.51 Å². The summed E-state index contributed by atoms with van der Waals surface area (Å²) in [5.41, 5.74) is 0. The summed E-state index contributed by atoms with van der Waals surface area (Å²) in [6.45, 7) is 0. The Kier molecular flexibility index (Phi) is 2.20. The van der Waals surface area contributed by atoms with Crippen molar-refractivity contribution in [2.45, 2.75) is 17.8 Å². The third-order valence-electron chi connectivity index (χ3n) is 1.53. The van der Waals surface area contributed by atoms with E-state index in [1.807, 2.05) is 15.9 Å². The monoisotopic (exact) mass is 288 g/mol. The van der Waals surface area contributed by atoms with Gasteiger partial charge in [-0.15, -0.1) is 0 Å². The van der Waals surface area contributed by atoms with Gasteiger partial charge >= 0.3 is 17.8 Å². The predicted octanol–water partition coefficient (Wildman–Crippen LogP) is 3.75. The van der Waals surface area contributed by atoms with Gasteiger partial charge < -0.3 is 0 Å². The van der Waals surface area contributed by atoms with Crippen LogP contribution in [-0.4, -0.2) is 17.8 Å². The lowest BCUT2D eigenvalue weighted by atomic mass is 10.2. The van der Waals surface area contributed by atoms with Crippen LogP contribution in [0.5, 0.6) is 0 Å². The predicted molar refractivity (Wildman–Crippen MR) is 36.6 cm³/mol. The summed E-state index contributed by atoms with van der Waals surface area (Å²) >= 11 is 6.56. The molecule has 0 amide bonds. The molecule has 0 spiro atoms. The van der Waals surface area contributed by atoms with Crippen LogP contribution in [0.3, 0.4) is 0 Å². The van der Waals surface area contributed by atoms with Crippen molar-refractivity contribution in [3.63, 3.8) is 0 Å². The molecule has 0 saturated carbocycles. The number of hydrogen-bond donors (Lipinski definition) is 0. The summed E-state index contributed by atoms with van der Waals surface area (Å²) in [6.07, 6.45) is 0. The Bertz CT molecular complexity index is 257. The highest BCUT2D eigenvalue weighted by atomic mass is 79.9. The van der Waals surface area contributed by atoms with E-state index in [4.69, 9.17) is 0 Å². The van der Waals surface area contributed by atoms with Crippen LogP contribution >= 0.6 is 27.5 Å². The van der Waals surface area contributed by atoms with Gasteiger partial charge in [0.1, 0.15) is 5.03 Å². The van der Waals surface area contributed by atoms with E-state index in [2.05, 4.69) is 11.6 Å². The van der Waals surface area contributed by atoms with Crippen molar-refractivity contribution in [2.24, 2.45) is 0 Å². The minimum absolute atomic E-state index is 1.67. The van der Waals surface area contributed by atoms with Crippen LogP contribution in [0.25, 0.3) is 0 Å². The molecule has 1 aliphatic rings. The fraction of sp³-hybridized carbons (Fsp3) is 0.600. The lowest BCUT2D eigenvalue weighted by Gasteiger charge is -2.23. The number of hydrogen-bond acceptors (Lipinski definition) is 0. The zero-order chi connectivity index (χ0) is 10.7. The molecule has 0 fully saturated rings. The van der Waals surface area contributed by atoms with Crippen LogP contribution in [0.4, 0.5) is 26.3 Å². The second-order valence-corrected chi connectivity index (χ2v) is 3.52. The third-order valence-corrected chi connectivity index (χ3v) is 3.08. The molecular formula is C5BrClF6. The van der Waals surface area contributed by atoms with Crippen molar-refractivity contribution in [1.29, 1.82) is 0 Å². The second kappa shape index (κ2) is 2.56. The second-order valence-electron chi connectivity index (χ2n) is 2.35. The first-order chi connectivity index (χ1) is 5.57. The highest BCUT2D eigenvalue weighted by molar-refractivity contribution is 9.11. The molecule has 0 N–H and O–H groups in total. The van der Waals surface area contributed by atoms with Gasteiger partial charge in [0.05, 0.1) is 4.48 Å². The van der Waals surface area contributed by atoms with Crippen molar-refractivity contribution in [2.75, 3.05) is 0 Å². The van der Waals surface area contributed by atoms with Gasteiger partial charge in [-0.05, 0) is 15.9 Å². The summed E-state index contributed by atoms with van der Waals surface area (Å²) in [7, 11) is 0. The fourth-order valence-corrected chi connectivity index (χ4v) is 1.48. The molecule has 0 aliphatic heterocycles. The molecule has 8 heteroatoms. The van der Waals surface area contributed by atoms with Gasteiger partial charge in [0.2, 0.25) is 0 Å². The Labute approximate surface area is 81.7 Å². The van der Waals surface area contributed by atoms with Gasteiger partial charge in [0, 0.05) is 0 Å². The Morgan fingerprint density at radius 3 is 1.38 bits per heavy atom. The molecule has 0 unspecified atom stereocenters. The molecule has 0 bridgehead atoms. The molecule has 0 aromatic carbocycles. The first kappa shape index (κ1) is 11.2. The summed E-state index contributed by atoms with van der Waals surface area (Å²) in [5.74, 6) is -15.5. The Balaban J connectivity index is 3.39. The minimum Gasteiger partial charge on any atom is -0.193 e. The van der Waals surface area contributed by atoms with Crippen LogP contribution < -0.4 is 0 Å².